The van der Waals surface area contributed by atoms with E-state index in [2.05, 4.69) is 31.8 Å². The van der Waals surface area contributed by atoms with Gasteiger partial charge < -0.3 is 9.15 Å². The second-order valence-corrected chi connectivity index (χ2v) is 6.31. The topological polar surface area (TPSA) is 61.0 Å². The van der Waals surface area contributed by atoms with Crippen molar-refractivity contribution in [2.75, 3.05) is 7.11 Å². The van der Waals surface area contributed by atoms with Crippen LogP contribution >= 0.6 is 0 Å². The Kier molecular flexibility index (Phi) is 4.79. The third-order valence-electron chi connectivity index (χ3n) is 4.11. The van der Waals surface area contributed by atoms with Crippen molar-refractivity contribution in [2.45, 2.75) is 40.0 Å². The zero-order valence-corrected chi connectivity index (χ0v) is 14.7. The molecule has 0 N–H and O–H groups in total. The van der Waals surface area contributed by atoms with Crippen LogP contribution in [0, 0.1) is 5.92 Å². The quantitative estimate of drug-likeness (QED) is 0.670. The van der Waals surface area contributed by atoms with Crippen molar-refractivity contribution in [1.29, 1.82) is 0 Å². The van der Waals surface area contributed by atoms with E-state index in [4.69, 9.17) is 19.1 Å². The highest BCUT2D eigenvalue weighted by Gasteiger charge is 2.15. The Balaban J connectivity index is 2.15. The Morgan fingerprint density at radius 3 is 2.67 bits per heavy atom. The van der Waals surface area contributed by atoms with Gasteiger partial charge in [-0.2, -0.15) is 0 Å². The summed E-state index contributed by atoms with van der Waals surface area (Å²) in [5, 5.41) is 1.01. The molecular weight excluding hydrogens is 302 g/mol. The van der Waals surface area contributed by atoms with Gasteiger partial charge in [0.15, 0.2) is 12.2 Å². The first kappa shape index (κ1) is 16.4. The van der Waals surface area contributed by atoms with Crippen molar-refractivity contribution in [1.82, 2.24) is 15.0 Å². The first-order valence-electron chi connectivity index (χ1n) is 8.38. The normalized spacial score (nSPS) is 11.4. The van der Waals surface area contributed by atoms with Crippen LogP contribution in [0.1, 0.15) is 38.7 Å². The molecule has 3 aromatic rings. The van der Waals surface area contributed by atoms with Crippen LogP contribution in [-0.2, 0) is 12.8 Å². The van der Waals surface area contributed by atoms with Crippen LogP contribution in [-0.4, -0.2) is 22.1 Å². The SMILES string of the molecule is CCc1nc(CCC(C)C)nc2c(OC)cc(-c3cnco3)cc12. The fourth-order valence-corrected chi connectivity index (χ4v) is 2.77. The number of aromatic nitrogens is 3. The van der Waals surface area contributed by atoms with E-state index in [9.17, 15) is 0 Å². The lowest BCUT2D eigenvalue weighted by molar-refractivity contribution is 0.418. The average Bonchev–Trinajstić information content (AvgIpc) is 3.12. The van der Waals surface area contributed by atoms with Gasteiger partial charge in [0, 0.05) is 17.4 Å². The third kappa shape index (κ3) is 3.25. The molecule has 0 radical (unpaired) electrons. The van der Waals surface area contributed by atoms with Crippen molar-refractivity contribution in [2.24, 2.45) is 5.92 Å². The van der Waals surface area contributed by atoms with Crippen molar-refractivity contribution >= 4 is 10.9 Å². The number of fused-ring (bicyclic) bond motifs is 1. The standard InChI is InChI=1S/C19H23N3O2/c1-5-15-14-8-13(17-10-20-11-24-17)9-16(23-4)19(14)22-18(21-15)7-6-12(2)3/h8-12H,5-7H2,1-4H3. The summed E-state index contributed by atoms with van der Waals surface area (Å²) in [7, 11) is 1.67. The molecule has 24 heavy (non-hydrogen) atoms. The highest BCUT2D eigenvalue weighted by atomic mass is 16.5. The number of aryl methyl sites for hydroxylation is 2. The zero-order chi connectivity index (χ0) is 17.1. The van der Waals surface area contributed by atoms with Gasteiger partial charge in [0.1, 0.15) is 17.1 Å². The summed E-state index contributed by atoms with van der Waals surface area (Å²) >= 11 is 0. The minimum atomic E-state index is 0.630. The fraction of sp³-hybridized carbons (Fsp3) is 0.421. The van der Waals surface area contributed by atoms with E-state index in [0.717, 1.165) is 53.0 Å². The molecule has 3 rings (SSSR count). The Labute approximate surface area is 142 Å². The molecule has 0 aliphatic rings. The lowest BCUT2D eigenvalue weighted by atomic mass is 10.0. The van der Waals surface area contributed by atoms with Gasteiger partial charge in [0.2, 0.25) is 0 Å². The summed E-state index contributed by atoms with van der Waals surface area (Å²) in [6, 6.07) is 4.00. The molecule has 2 aromatic heterocycles. The highest BCUT2D eigenvalue weighted by molar-refractivity contribution is 5.90. The van der Waals surface area contributed by atoms with Gasteiger partial charge in [0.25, 0.3) is 0 Å². The third-order valence-corrected chi connectivity index (χ3v) is 4.11. The number of ether oxygens (including phenoxy) is 1. The van der Waals surface area contributed by atoms with Gasteiger partial charge in [-0.3, -0.25) is 0 Å². The summed E-state index contributed by atoms with van der Waals surface area (Å²) in [4.78, 5) is 13.5. The average molecular weight is 325 g/mol. The first-order chi connectivity index (χ1) is 11.6. The number of benzene rings is 1. The molecule has 0 amide bonds. The molecule has 1 aromatic carbocycles. The molecule has 0 atom stereocenters. The van der Waals surface area contributed by atoms with E-state index in [-0.39, 0.29) is 0 Å². The van der Waals surface area contributed by atoms with Crippen LogP contribution in [0.5, 0.6) is 5.75 Å². The lowest BCUT2D eigenvalue weighted by Gasteiger charge is -2.12. The van der Waals surface area contributed by atoms with E-state index in [0.29, 0.717) is 11.7 Å². The lowest BCUT2D eigenvalue weighted by Crippen LogP contribution is -2.04. The van der Waals surface area contributed by atoms with E-state index in [1.165, 1.54) is 6.39 Å². The monoisotopic (exact) mass is 325 g/mol. The number of rotatable bonds is 6. The van der Waals surface area contributed by atoms with Gasteiger partial charge in [-0.15, -0.1) is 0 Å². The molecule has 126 valence electrons. The predicted octanol–water partition coefficient (Wildman–Crippen LogP) is 4.44. The smallest absolute Gasteiger partial charge is 0.181 e. The number of hydrogen-bond acceptors (Lipinski definition) is 5. The van der Waals surface area contributed by atoms with Gasteiger partial charge in [-0.25, -0.2) is 15.0 Å². The number of oxazole rings is 1. The first-order valence-corrected chi connectivity index (χ1v) is 8.38. The molecule has 0 spiro atoms. The number of hydrogen-bond donors (Lipinski definition) is 0. The maximum atomic E-state index is 5.59. The highest BCUT2D eigenvalue weighted by Crippen LogP contribution is 2.33. The van der Waals surface area contributed by atoms with E-state index < -0.39 is 0 Å². The van der Waals surface area contributed by atoms with Crippen LogP contribution in [0.4, 0.5) is 0 Å². The Morgan fingerprint density at radius 1 is 1.21 bits per heavy atom. The summed E-state index contributed by atoms with van der Waals surface area (Å²) in [5.74, 6) is 2.96. The molecule has 0 saturated heterocycles. The van der Waals surface area contributed by atoms with Gasteiger partial charge in [0.05, 0.1) is 19.0 Å². The van der Waals surface area contributed by atoms with Crippen LogP contribution in [0.2, 0.25) is 0 Å². The van der Waals surface area contributed by atoms with Gasteiger partial charge >= 0.3 is 0 Å². The summed E-state index contributed by atoms with van der Waals surface area (Å²) < 4.78 is 11.0. The second kappa shape index (κ2) is 6.99. The largest absolute Gasteiger partial charge is 0.494 e. The van der Waals surface area contributed by atoms with Crippen LogP contribution in [0.25, 0.3) is 22.2 Å². The molecule has 0 aliphatic heterocycles. The molecule has 5 heteroatoms. The summed E-state index contributed by atoms with van der Waals surface area (Å²) in [6.07, 6.45) is 5.93. The van der Waals surface area contributed by atoms with Crippen molar-refractivity contribution in [3.05, 3.63) is 36.2 Å². The van der Waals surface area contributed by atoms with E-state index >= 15 is 0 Å². The summed E-state index contributed by atoms with van der Waals surface area (Å²) in [6.45, 7) is 6.54. The minimum Gasteiger partial charge on any atom is -0.494 e. The molecule has 2 heterocycles. The second-order valence-electron chi connectivity index (χ2n) is 6.31. The molecular formula is C19H23N3O2. The van der Waals surface area contributed by atoms with Gasteiger partial charge in [-0.1, -0.05) is 20.8 Å². The maximum absolute atomic E-state index is 5.59. The Bertz CT molecular complexity index is 826. The molecule has 0 aliphatic carbocycles. The summed E-state index contributed by atoms with van der Waals surface area (Å²) in [5.41, 5.74) is 2.83. The Morgan fingerprint density at radius 2 is 2.04 bits per heavy atom. The van der Waals surface area contributed by atoms with Crippen molar-refractivity contribution in [3.8, 4) is 17.1 Å². The van der Waals surface area contributed by atoms with Crippen molar-refractivity contribution in [3.63, 3.8) is 0 Å². The van der Waals surface area contributed by atoms with E-state index in [1.807, 2.05) is 6.07 Å². The number of nitrogens with zero attached hydrogens (tertiary/aromatic N) is 3. The molecule has 0 bridgehead atoms. The number of methoxy groups -OCH3 is 1. The van der Waals surface area contributed by atoms with Gasteiger partial charge in [-0.05, 0) is 30.9 Å². The molecule has 5 nitrogen and oxygen atoms in total. The maximum Gasteiger partial charge on any atom is 0.181 e. The molecule has 0 saturated carbocycles. The minimum absolute atomic E-state index is 0.630. The fourth-order valence-electron chi connectivity index (χ4n) is 2.77. The van der Waals surface area contributed by atoms with Crippen LogP contribution in [0.15, 0.2) is 29.1 Å². The van der Waals surface area contributed by atoms with Crippen LogP contribution in [0.3, 0.4) is 0 Å². The van der Waals surface area contributed by atoms with E-state index in [1.54, 1.807) is 13.3 Å². The predicted molar refractivity (Wildman–Crippen MR) is 94.1 cm³/mol. The van der Waals surface area contributed by atoms with Crippen molar-refractivity contribution < 1.29 is 9.15 Å². The zero-order valence-electron chi connectivity index (χ0n) is 14.7. The van der Waals surface area contributed by atoms with Crippen LogP contribution < -0.4 is 4.74 Å². The molecule has 0 fully saturated rings. The molecule has 0 unspecified atom stereocenters. The Hall–Kier alpha value is -2.43.